The molecule has 0 aliphatic carbocycles. The molecule has 0 radical (unpaired) electrons. The van der Waals surface area contributed by atoms with Gasteiger partial charge in [0.05, 0.1) is 29.7 Å². The smallest absolute Gasteiger partial charge is 0.416 e. The van der Waals surface area contributed by atoms with Gasteiger partial charge >= 0.3 is 12.1 Å². The number of methoxy groups -OCH3 is 1. The van der Waals surface area contributed by atoms with Gasteiger partial charge in [0.1, 0.15) is 11.3 Å². The van der Waals surface area contributed by atoms with Crippen molar-refractivity contribution in [3.63, 3.8) is 0 Å². The highest BCUT2D eigenvalue weighted by molar-refractivity contribution is 7.80. The van der Waals surface area contributed by atoms with Crippen molar-refractivity contribution in [1.82, 2.24) is 19.7 Å². The molecule has 2 N–H and O–H groups in total. The topological polar surface area (TPSA) is 101 Å². The van der Waals surface area contributed by atoms with E-state index >= 15 is 0 Å². The molecule has 0 aliphatic heterocycles. The highest BCUT2D eigenvalue weighted by Gasteiger charge is 2.30. The quantitative estimate of drug-likeness (QED) is 0.303. The fraction of sp³-hybridized carbons (Fsp3) is 0.348. The zero-order valence-electron chi connectivity index (χ0n) is 20.5. The van der Waals surface area contributed by atoms with Gasteiger partial charge in [0.25, 0.3) is 5.91 Å². The zero-order chi connectivity index (χ0) is 27.3. The number of amides is 1. The van der Waals surface area contributed by atoms with Crippen molar-refractivity contribution in [2.24, 2.45) is 0 Å². The molecule has 0 atom stereocenters. The summed E-state index contributed by atoms with van der Waals surface area (Å²) in [7, 11) is 1.24. The number of benzene rings is 1. The summed E-state index contributed by atoms with van der Waals surface area (Å²) in [5.41, 5.74) is 0.312. The molecule has 9 nitrogen and oxygen atoms in total. The number of ether oxygens (including phenoxy) is 1. The summed E-state index contributed by atoms with van der Waals surface area (Å²) in [6.45, 7) is 6.48. The van der Waals surface area contributed by atoms with Gasteiger partial charge in [-0.3, -0.25) is 10.1 Å². The first-order valence-electron chi connectivity index (χ1n) is 11.1. The largest absolute Gasteiger partial charge is 0.465 e. The van der Waals surface area contributed by atoms with Gasteiger partial charge < -0.3 is 15.0 Å². The number of esters is 1. The molecule has 198 valence electrons. The van der Waals surface area contributed by atoms with Crippen LogP contribution in [0.5, 0.6) is 0 Å². The fourth-order valence-corrected chi connectivity index (χ4v) is 4.93. The number of carbonyl (C=O) groups is 2. The van der Waals surface area contributed by atoms with Gasteiger partial charge in [-0.1, -0.05) is 12.1 Å². The molecule has 1 amide bonds. The number of rotatable bonds is 8. The van der Waals surface area contributed by atoms with E-state index in [1.165, 1.54) is 24.2 Å². The van der Waals surface area contributed by atoms with Crippen LogP contribution >= 0.6 is 23.6 Å². The highest BCUT2D eigenvalue weighted by Crippen LogP contribution is 2.35. The second-order valence-electron chi connectivity index (χ2n) is 7.77. The molecule has 2 heterocycles. The third kappa shape index (κ3) is 6.63. The van der Waals surface area contributed by atoms with E-state index in [0.717, 1.165) is 23.5 Å². The molecule has 3 aromatic rings. The molecule has 3 rings (SSSR count). The number of hydrogen-bond donors (Lipinski definition) is 2. The maximum atomic E-state index is 13.0. The predicted octanol–water partition coefficient (Wildman–Crippen LogP) is 4.79. The molecule has 0 bridgehead atoms. The summed E-state index contributed by atoms with van der Waals surface area (Å²) in [5, 5.41) is 10.2. The maximum absolute atomic E-state index is 13.0. The molecule has 0 saturated carbocycles. The monoisotopic (exact) mass is 554 g/mol. The molecule has 0 saturated heterocycles. The Kier molecular flexibility index (Phi) is 8.86. The van der Waals surface area contributed by atoms with Crippen LogP contribution in [0.3, 0.4) is 0 Å². The lowest BCUT2D eigenvalue weighted by molar-refractivity contribution is -0.137. The first-order valence-corrected chi connectivity index (χ1v) is 12.3. The Morgan fingerprint density at radius 1 is 1.22 bits per heavy atom. The minimum absolute atomic E-state index is 0.0464. The lowest BCUT2D eigenvalue weighted by Crippen LogP contribution is -2.30. The first-order chi connectivity index (χ1) is 17.5. The van der Waals surface area contributed by atoms with Crippen molar-refractivity contribution in [3.8, 4) is 0 Å². The molecule has 2 aromatic heterocycles. The van der Waals surface area contributed by atoms with Gasteiger partial charge in [-0.25, -0.2) is 14.5 Å². The molecule has 0 fully saturated rings. The summed E-state index contributed by atoms with van der Waals surface area (Å²) in [4.78, 5) is 31.5. The van der Waals surface area contributed by atoms with Gasteiger partial charge in [0.15, 0.2) is 5.11 Å². The lowest BCUT2D eigenvalue weighted by Gasteiger charge is -2.17. The Morgan fingerprint density at radius 2 is 1.92 bits per heavy atom. The number of nitrogens with zero attached hydrogens (tertiary/aromatic N) is 4. The summed E-state index contributed by atoms with van der Waals surface area (Å²) in [6, 6.07) is 4.93. The summed E-state index contributed by atoms with van der Waals surface area (Å²) >= 11 is 6.41. The van der Waals surface area contributed by atoms with Crippen LogP contribution in [0.2, 0.25) is 0 Å². The second-order valence-corrected chi connectivity index (χ2v) is 9.20. The van der Waals surface area contributed by atoms with Crippen molar-refractivity contribution in [3.05, 3.63) is 57.7 Å². The number of alkyl halides is 3. The number of anilines is 2. The average Bonchev–Trinajstić information content (AvgIpc) is 3.42. The number of halogens is 3. The number of thiophene rings is 1. The minimum atomic E-state index is -4.44. The van der Waals surface area contributed by atoms with E-state index in [1.54, 1.807) is 17.9 Å². The van der Waals surface area contributed by atoms with E-state index in [0.29, 0.717) is 34.1 Å². The van der Waals surface area contributed by atoms with Crippen molar-refractivity contribution >= 4 is 51.5 Å². The molecule has 0 aliphatic rings. The molecule has 37 heavy (non-hydrogen) atoms. The molecular formula is C23H25F3N6O3S2. The molecule has 0 unspecified atom stereocenters. The second kappa shape index (κ2) is 11.7. The van der Waals surface area contributed by atoms with E-state index in [9.17, 15) is 22.8 Å². The number of carbonyl (C=O) groups excluding carboxylic acids is 2. The summed E-state index contributed by atoms with van der Waals surface area (Å²) in [5.74, 6) is -0.738. The van der Waals surface area contributed by atoms with Gasteiger partial charge in [0.2, 0.25) is 5.95 Å². The Bertz CT molecular complexity index is 1300. The van der Waals surface area contributed by atoms with E-state index in [2.05, 4.69) is 20.7 Å². The number of nitrogens with one attached hydrogen (secondary N) is 2. The summed E-state index contributed by atoms with van der Waals surface area (Å²) in [6.07, 6.45) is -3.09. The van der Waals surface area contributed by atoms with Crippen molar-refractivity contribution in [2.45, 2.75) is 33.5 Å². The van der Waals surface area contributed by atoms with Crippen LogP contribution in [0.4, 0.5) is 24.1 Å². The highest BCUT2D eigenvalue weighted by atomic mass is 32.1. The Labute approximate surface area is 220 Å². The lowest BCUT2D eigenvalue weighted by atomic mass is 10.1. The summed E-state index contributed by atoms with van der Waals surface area (Å²) < 4.78 is 45.1. The van der Waals surface area contributed by atoms with E-state index in [1.807, 2.05) is 13.8 Å². The molecule has 14 heteroatoms. The van der Waals surface area contributed by atoms with E-state index in [-0.39, 0.29) is 29.1 Å². The zero-order valence-corrected chi connectivity index (χ0v) is 22.1. The standard InChI is InChI=1S/C23H25F3N6O3S2/c1-5-31(6-2)19(33)17-13(3)16(20(34)35-4)18(37-17)28-22(36)29-21-27-12-32(30-21)11-14-8-7-9-15(10-14)23(24,25)26/h7-10,12H,5-6,11H2,1-4H3,(H2,28,29,30,36). The molecule has 0 spiro atoms. The fourth-order valence-electron chi connectivity index (χ4n) is 3.50. The van der Waals surface area contributed by atoms with Gasteiger partial charge in [-0.05, 0) is 56.2 Å². The maximum Gasteiger partial charge on any atom is 0.416 e. The Balaban J connectivity index is 1.75. The van der Waals surface area contributed by atoms with Crippen LogP contribution in [0.1, 0.15) is 50.6 Å². The van der Waals surface area contributed by atoms with Crippen LogP contribution < -0.4 is 10.6 Å². The van der Waals surface area contributed by atoms with Crippen LogP contribution in [-0.4, -0.2) is 56.9 Å². The van der Waals surface area contributed by atoms with E-state index < -0.39 is 17.7 Å². The SMILES string of the molecule is CCN(CC)C(=O)c1sc(NC(=S)Nc2ncn(Cc3cccc(C(F)(F)F)c3)n2)c(C(=O)OC)c1C. The molecular weight excluding hydrogens is 529 g/mol. The van der Waals surface area contributed by atoms with Crippen molar-refractivity contribution in [1.29, 1.82) is 0 Å². The predicted molar refractivity (Wildman–Crippen MR) is 138 cm³/mol. The van der Waals surface area contributed by atoms with Gasteiger partial charge in [-0.15, -0.1) is 16.4 Å². The number of aromatic nitrogens is 3. The number of thiocarbonyl (C=S) groups is 1. The van der Waals surface area contributed by atoms with Crippen LogP contribution in [-0.2, 0) is 17.5 Å². The minimum Gasteiger partial charge on any atom is -0.465 e. The van der Waals surface area contributed by atoms with Crippen LogP contribution in [0.15, 0.2) is 30.6 Å². The Morgan fingerprint density at radius 3 is 2.54 bits per heavy atom. The van der Waals surface area contributed by atoms with Crippen molar-refractivity contribution in [2.75, 3.05) is 30.8 Å². The van der Waals surface area contributed by atoms with Gasteiger partial charge in [-0.2, -0.15) is 13.2 Å². The average molecular weight is 555 g/mol. The van der Waals surface area contributed by atoms with Gasteiger partial charge in [0, 0.05) is 13.1 Å². The van der Waals surface area contributed by atoms with E-state index in [4.69, 9.17) is 17.0 Å². The van der Waals surface area contributed by atoms with Crippen LogP contribution in [0, 0.1) is 6.92 Å². The first kappa shape index (κ1) is 28.1. The van der Waals surface area contributed by atoms with Crippen LogP contribution in [0.25, 0.3) is 0 Å². The third-order valence-electron chi connectivity index (χ3n) is 5.37. The third-order valence-corrected chi connectivity index (χ3v) is 6.77. The normalized spacial score (nSPS) is 11.2. The number of hydrogen-bond acceptors (Lipinski definition) is 7. The van der Waals surface area contributed by atoms with Crippen molar-refractivity contribution < 1.29 is 27.5 Å². The Hall–Kier alpha value is -3.52. The molecule has 1 aromatic carbocycles.